The van der Waals surface area contributed by atoms with Gasteiger partial charge < -0.3 is 20.9 Å². The molecule has 1 amide bonds. The predicted molar refractivity (Wildman–Crippen MR) is 76.4 cm³/mol. The number of hydrogen-bond acceptors (Lipinski definition) is 4. The van der Waals surface area contributed by atoms with Gasteiger partial charge in [-0.3, -0.25) is 4.79 Å². The fraction of sp³-hybridized carbons (Fsp3) is 0.533. The van der Waals surface area contributed by atoms with Gasteiger partial charge >= 0.3 is 0 Å². The van der Waals surface area contributed by atoms with Gasteiger partial charge in [0.2, 0.25) is 5.91 Å². The van der Waals surface area contributed by atoms with Crippen LogP contribution in [0, 0.1) is 0 Å². The van der Waals surface area contributed by atoms with Crippen LogP contribution in [0.5, 0.6) is 5.75 Å². The SMILES string of the molecule is CC1(NC(=O)C(N)Cc2ccc(O)cc2)CCOCC1. The van der Waals surface area contributed by atoms with Crippen molar-refractivity contribution in [3.8, 4) is 5.75 Å². The second-order valence-electron chi connectivity index (χ2n) is 5.64. The number of nitrogens with one attached hydrogen (secondary N) is 1. The molecule has 1 aromatic carbocycles. The number of ether oxygens (including phenoxy) is 1. The van der Waals surface area contributed by atoms with Crippen LogP contribution in [0.15, 0.2) is 24.3 Å². The maximum Gasteiger partial charge on any atom is 0.237 e. The number of benzene rings is 1. The summed E-state index contributed by atoms with van der Waals surface area (Å²) in [4.78, 5) is 12.2. The van der Waals surface area contributed by atoms with E-state index in [1.165, 1.54) is 0 Å². The standard InChI is InChI=1S/C15H22N2O3/c1-15(6-8-20-9-7-15)17-14(19)13(16)10-11-2-4-12(18)5-3-11/h2-5,13,18H,6-10,16H2,1H3,(H,17,19). The molecule has 0 aliphatic carbocycles. The molecule has 0 spiro atoms. The summed E-state index contributed by atoms with van der Waals surface area (Å²) >= 11 is 0. The number of amides is 1. The molecule has 1 aliphatic heterocycles. The number of phenolic OH excluding ortho intramolecular Hbond substituents is 1. The molecule has 0 aromatic heterocycles. The minimum absolute atomic E-state index is 0.137. The number of aromatic hydroxyl groups is 1. The topological polar surface area (TPSA) is 84.6 Å². The average Bonchev–Trinajstić information content (AvgIpc) is 2.41. The van der Waals surface area contributed by atoms with Crippen LogP contribution in [-0.4, -0.2) is 35.8 Å². The highest BCUT2D eigenvalue weighted by molar-refractivity contribution is 5.82. The Labute approximate surface area is 119 Å². The number of nitrogens with two attached hydrogens (primary N) is 1. The third kappa shape index (κ3) is 3.95. The Morgan fingerprint density at radius 1 is 1.40 bits per heavy atom. The summed E-state index contributed by atoms with van der Waals surface area (Å²) in [7, 11) is 0. The Kier molecular flexibility index (Phi) is 4.62. The fourth-order valence-corrected chi connectivity index (χ4v) is 2.32. The molecule has 110 valence electrons. The molecule has 0 bridgehead atoms. The summed E-state index contributed by atoms with van der Waals surface area (Å²) in [6, 6.07) is 6.16. The van der Waals surface area contributed by atoms with Crippen molar-refractivity contribution in [2.45, 2.75) is 37.8 Å². The van der Waals surface area contributed by atoms with Gasteiger partial charge in [-0.15, -0.1) is 0 Å². The van der Waals surface area contributed by atoms with E-state index in [1.54, 1.807) is 24.3 Å². The number of hydrogen-bond donors (Lipinski definition) is 3. The van der Waals surface area contributed by atoms with E-state index in [-0.39, 0.29) is 17.2 Å². The molecule has 1 atom stereocenters. The van der Waals surface area contributed by atoms with Crippen LogP contribution >= 0.6 is 0 Å². The molecule has 1 fully saturated rings. The van der Waals surface area contributed by atoms with Gasteiger partial charge in [0, 0.05) is 18.8 Å². The van der Waals surface area contributed by atoms with Crippen LogP contribution in [0.4, 0.5) is 0 Å². The van der Waals surface area contributed by atoms with Gasteiger partial charge in [0.25, 0.3) is 0 Å². The average molecular weight is 278 g/mol. The minimum Gasteiger partial charge on any atom is -0.508 e. The van der Waals surface area contributed by atoms with E-state index in [0.29, 0.717) is 19.6 Å². The van der Waals surface area contributed by atoms with Gasteiger partial charge in [-0.2, -0.15) is 0 Å². The molecule has 20 heavy (non-hydrogen) atoms. The second kappa shape index (κ2) is 6.24. The number of carbonyl (C=O) groups excluding carboxylic acids is 1. The Bertz CT molecular complexity index is 453. The zero-order valence-electron chi connectivity index (χ0n) is 11.8. The molecular weight excluding hydrogens is 256 g/mol. The summed E-state index contributed by atoms with van der Waals surface area (Å²) in [5.74, 6) is 0.0731. The lowest BCUT2D eigenvalue weighted by Crippen LogP contribution is -2.54. The van der Waals surface area contributed by atoms with E-state index in [0.717, 1.165) is 18.4 Å². The first-order valence-corrected chi connectivity index (χ1v) is 6.92. The van der Waals surface area contributed by atoms with Crippen LogP contribution in [0.1, 0.15) is 25.3 Å². The predicted octanol–water partition coefficient (Wildman–Crippen LogP) is 0.947. The molecule has 0 saturated carbocycles. The third-order valence-electron chi connectivity index (χ3n) is 3.75. The van der Waals surface area contributed by atoms with Crippen LogP contribution in [0.25, 0.3) is 0 Å². The molecule has 5 nitrogen and oxygen atoms in total. The van der Waals surface area contributed by atoms with Gasteiger partial charge in [0.05, 0.1) is 6.04 Å². The lowest BCUT2D eigenvalue weighted by molar-refractivity contribution is -0.125. The van der Waals surface area contributed by atoms with Gasteiger partial charge in [0.1, 0.15) is 5.75 Å². The van der Waals surface area contributed by atoms with Crippen molar-refractivity contribution in [2.24, 2.45) is 5.73 Å². The van der Waals surface area contributed by atoms with Crippen LogP contribution in [-0.2, 0) is 16.0 Å². The van der Waals surface area contributed by atoms with E-state index >= 15 is 0 Å². The highest BCUT2D eigenvalue weighted by atomic mass is 16.5. The Morgan fingerprint density at radius 3 is 2.60 bits per heavy atom. The molecule has 1 heterocycles. The maximum atomic E-state index is 12.2. The summed E-state index contributed by atoms with van der Waals surface area (Å²) in [6.45, 7) is 3.37. The molecular formula is C15H22N2O3. The van der Waals surface area contributed by atoms with Crippen molar-refractivity contribution in [3.63, 3.8) is 0 Å². The lowest BCUT2D eigenvalue weighted by Gasteiger charge is -2.35. The van der Waals surface area contributed by atoms with E-state index in [2.05, 4.69) is 5.32 Å². The smallest absolute Gasteiger partial charge is 0.237 e. The van der Waals surface area contributed by atoms with Gasteiger partial charge in [-0.1, -0.05) is 12.1 Å². The Balaban J connectivity index is 1.89. The zero-order valence-corrected chi connectivity index (χ0v) is 11.8. The molecule has 0 radical (unpaired) electrons. The molecule has 1 aliphatic rings. The molecule has 1 aromatic rings. The second-order valence-corrected chi connectivity index (χ2v) is 5.64. The van der Waals surface area contributed by atoms with Crippen LogP contribution in [0.2, 0.25) is 0 Å². The van der Waals surface area contributed by atoms with Crippen molar-refractivity contribution >= 4 is 5.91 Å². The van der Waals surface area contributed by atoms with Gasteiger partial charge in [0.15, 0.2) is 0 Å². The van der Waals surface area contributed by atoms with Crippen molar-refractivity contribution in [3.05, 3.63) is 29.8 Å². The van der Waals surface area contributed by atoms with Gasteiger partial charge in [-0.25, -0.2) is 0 Å². The van der Waals surface area contributed by atoms with E-state index in [9.17, 15) is 9.90 Å². The first-order chi connectivity index (χ1) is 9.48. The third-order valence-corrected chi connectivity index (χ3v) is 3.75. The van der Waals surface area contributed by atoms with E-state index in [1.807, 2.05) is 6.92 Å². The number of phenols is 1. The quantitative estimate of drug-likeness (QED) is 0.765. The highest BCUT2D eigenvalue weighted by Gasteiger charge is 2.30. The lowest BCUT2D eigenvalue weighted by atomic mass is 9.92. The Morgan fingerprint density at radius 2 is 2.00 bits per heavy atom. The van der Waals surface area contributed by atoms with Gasteiger partial charge in [-0.05, 0) is 43.9 Å². The Hall–Kier alpha value is -1.59. The van der Waals surface area contributed by atoms with Crippen LogP contribution < -0.4 is 11.1 Å². The fourth-order valence-electron chi connectivity index (χ4n) is 2.32. The first kappa shape index (κ1) is 14.8. The van der Waals surface area contributed by atoms with Crippen molar-refractivity contribution in [1.82, 2.24) is 5.32 Å². The highest BCUT2D eigenvalue weighted by Crippen LogP contribution is 2.20. The summed E-state index contributed by atoms with van der Waals surface area (Å²) in [6.07, 6.45) is 2.08. The van der Waals surface area contributed by atoms with Crippen molar-refractivity contribution < 1.29 is 14.6 Å². The van der Waals surface area contributed by atoms with Crippen LogP contribution in [0.3, 0.4) is 0 Å². The molecule has 1 saturated heterocycles. The van der Waals surface area contributed by atoms with Crippen molar-refractivity contribution in [2.75, 3.05) is 13.2 Å². The monoisotopic (exact) mass is 278 g/mol. The maximum absolute atomic E-state index is 12.2. The summed E-state index contributed by atoms with van der Waals surface area (Å²) < 4.78 is 5.31. The van der Waals surface area contributed by atoms with E-state index < -0.39 is 6.04 Å². The zero-order chi connectivity index (χ0) is 14.6. The number of rotatable bonds is 4. The molecule has 5 heteroatoms. The minimum atomic E-state index is -0.584. The largest absolute Gasteiger partial charge is 0.508 e. The number of carbonyl (C=O) groups is 1. The first-order valence-electron chi connectivity index (χ1n) is 6.92. The molecule has 1 unspecified atom stereocenters. The van der Waals surface area contributed by atoms with Crippen molar-refractivity contribution in [1.29, 1.82) is 0 Å². The molecule has 2 rings (SSSR count). The normalized spacial score (nSPS) is 19.3. The summed E-state index contributed by atoms with van der Waals surface area (Å²) in [5.41, 5.74) is 6.67. The summed E-state index contributed by atoms with van der Waals surface area (Å²) in [5, 5.41) is 12.3. The van der Waals surface area contributed by atoms with E-state index in [4.69, 9.17) is 10.5 Å². The molecule has 4 N–H and O–H groups in total.